The molecule has 0 fully saturated rings. The Hall–Kier alpha value is -1.82. The summed E-state index contributed by atoms with van der Waals surface area (Å²) >= 11 is 6.01. The van der Waals surface area contributed by atoms with Crippen LogP contribution in [-0.4, -0.2) is 25.7 Å². The highest BCUT2D eigenvalue weighted by atomic mass is 35.5. The molecule has 7 heteroatoms. The molecule has 0 aliphatic heterocycles. The van der Waals surface area contributed by atoms with Crippen molar-refractivity contribution < 1.29 is 9.90 Å². The molecule has 2 aromatic heterocycles. The second kappa shape index (κ2) is 3.64. The Balaban J connectivity index is 2.80. The van der Waals surface area contributed by atoms with Crippen molar-refractivity contribution in [3.63, 3.8) is 0 Å². The van der Waals surface area contributed by atoms with Gasteiger partial charge in [0.25, 0.3) is 0 Å². The molecule has 0 aliphatic carbocycles. The lowest BCUT2D eigenvalue weighted by Gasteiger charge is -2.01. The number of fused-ring (bicyclic) bond motifs is 1. The molecular weight excluding hydrogens is 232 g/mol. The van der Waals surface area contributed by atoms with Gasteiger partial charge in [0, 0.05) is 6.20 Å². The largest absolute Gasteiger partial charge is 0.477 e. The summed E-state index contributed by atoms with van der Waals surface area (Å²) in [6.45, 7) is 1.89. The first-order valence-corrected chi connectivity index (χ1v) is 4.99. The standard InChI is InChI=1S/C9H9ClN4O2/c1-2-5-6(10)8-12-3-4(9(15)16)7(11)14(8)13-5/h3H,2,11H2,1H3,(H,15,16). The van der Waals surface area contributed by atoms with Crippen LogP contribution in [0.5, 0.6) is 0 Å². The van der Waals surface area contributed by atoms with Gasteiger partial charge in [-0.25, -0.2) is 9.78 Å². The van der Waals surface area contributed by atoms with Crippen LogP contribution in [0.2, 0.25) is 5.02 Å². The molecule has 16 heavy (non-hydrogen) atoms. The van der Waals surface area contributed by atoms with Crippen molar-refractivity contribution in [3.8, 4) is 0 Å². The number of hydrogen-bond acceptors (Lipinski definition) is 4. The highest BCUT2D eigenvalue weighted by molar-refractivity contribution is 6.34. The van der Waals surface area contributed by atoms with Gasteiger partial charge in [-0.1, -0.05) is 18.5 Å². The molecule has 0 unspecified atom stereocenters. The highest BCUT2D eigenvalue weighted by Gasteiger charge is 2.17. The first-order valence-electron chi connectivity index (χ1n) is 4.61. The third-order valence-corrected chi connectivity index (χ3v) is 2.64. The number of hydrogen-bond donors (Lipinski definition) is 2. The fourth-order valence-electron chi connectivity index (χ4n) is 1.41. The van der Waals surface area contributed by atoms with Crippen molar-refractivity contribution in [2.24, 2.45) is 0 Å². The normalized spacial score (nSPS) is 10.9. The predicted molar refractivity (Wildman–Crippen MR) is 58.7 cm³/mol. The number of carboxylic acid groups (broad SMARTS) is 1. The Morgan fingerprint density at radius 2 is 2.38 bits per heavy atom. The average molecular weight is 241 g/mol. The van der Waals surface area contributed by atoms with Crippen LogP contribution in [0.3, 0.4) is 0 Å². The third-order valence-electron chi connectivity index (χ3n) is 2.26. The van der Waals surface area contributed by atoms with E-state index in [9.17, 15) is 4.79 Å². The van der Waals surface area contributed by atoms with Crippen LogP contribution in [0.4, 0.5) is 5.82 Å². The van der Waals surface area contributed by atoms with Crippen LogP contribution < -0.4 is 5.73 Å². The number of carboxylic acids is 1. The van der Waals surface area contributed by atoms with Crippen LogP contribution in [-0.2, 0) is 6.42 Å². The maximum atomic E-state index is 10.8. The number of nitrogen functional groups attached to an aromatic ring is 1. The summed E-state index contributed by atoms with van der Waals surface area (Å²) in [5.41, 5.74) is 6.61. The molecule has 0 atom stereocenters. The molecule has 0 saturated carbocycles. The van der Waals surface area contributed by atoms with E-state index in [4.69, 9.17) is 22.4 Å². The van der Waals surface area contributed by atoms with E-state index < -0.39 is 5.97 Å². The van der Waals surface area contributed by atoms with E-state index in [0.29, 0.717) is 22.8 Å². The maximum absolute atomic E-state index is 10.8. The van der Waals surface area contributed by atoms with E-state index in [2.05, 4.69) is 10.1 Å². The van der Waals surface area contributed by atoms with Crippen LogP contribution in [0.25, 0.3) is 5.65 Å². The van der Waals surface area contributed by atoms with Crippen molar-refractivity contribution in [3.05, 3.63) is 22.5 Å². The molecule has 0 aromatic carbocycles. The van der Waals surface area contributed by atoms with Gasteiger partial charge in [-0.2, -0.15) is 9.61 Å². The minimum Gasteiger partial charge on any atom is -0.477 e. The summed E-state index contributed by atoms with van der Waals surface area (Å²) in [6, 6.07) is 0. The highest BCUT2D eigenvalue weighted by Crippen LogP contribution is 2.23. The van der Waals surface area contributed by atoms with Crippen molar-refractivity contribution >= 4 is 29.0 Å². The summed E-state index contributed by atoms with van der Waals surface area (Å²) < 4.78 is 1.25. The summed E-state index contributed by atoms with van der Waals surface area (Å²) in [4.78, 5) is 14.8. The molecule has 3 N–H and O–H groups in total. The second-order valence-electron chi connectivity index (χ2n) is 3.21. The number of rotatable bonds is 2. The van der Waals surface area contributed by atoms with Crippen molar-refractivity contribution in [2.45, 2.75) is 13.3 Å². The van der Waals surface area contributed by atoms with Crippen LogP contribution in [0.1, 0.15) is 23.0 Å². The van der Waals surface area contributed by atoms with Gasteiger partial charge in [0.15, 0.2) is 5.65 Å². The van der Waals surface area contributed by atoms with E-state index in [1.807, 2.05) is 6.92 Å². The van der Waals surface area contributed by atoms with Gasteiger partial charge in [0.05, 0.1) is 5.69 Å². The quantitative estimate of drug-likeness (QED) is 0.823. The predicted octanol–water partition coefficient (Wildman–Crippen LogP) is 1.23. The zero-order valence-corrected chi connectivity index (χ0v) is 9.19. The SMILES string of the molecule is CCc1nn2c(N)c(C(=O)O)cnc2c1Cl. The Bertz CT molecular complexity index is 578. The molecule has 0 bridgehead atoms. The first kappa shape index (κ1) is 10.7. The Labute approximate surface area is 95.7 Å². The minimum atomic E-state index is -1.14. The summed E-state index contributed by atoms with van der Waals surface area (Å²) in [5.74, 6) is -1.12. The van der Waals surface area contributed by atoms with Gasteiger partial charge in [-0.15, -0.1) is 0 Å². The van der Waals surface area contributed by atoms with E-state index in [-0.39, 0.29) is 11.4 Å². The molecule has 0 radical (unpaired) electrons. The lowest BCUT2D eigenvalue weighted by molar-refractivity contribution is 0.0697. The Morgan fingerprint density at radius 3 is 2.94 bits per heavy atom. The number of carbonyl (C=O) groups is 1. The topological polar surface area (TPSA) is 93.5 Å². The van der Waals surface area contributed by atoms with E-state index in [1.54, 1.807) is 0 Å². The van der Waals surface area contributed by atoms with Gasteiger partial charge < -0.3 is 10.8 Å². The summed E-state index contributed by atoms with van der Waals surface area (Å²) in [6.07, 6.45) is 1.81. The zero-order chi connectivity index (χ0) is 11.9. The molecule has 0 amide bonds. The van der Waals surface area contributed by atoms with E-state index >= 15 is 0 Å². The number of halogens is 1. The maximum Gasteiger partial charge on any atom is 0.341 e. The second-order valence-corrected chi connectivity index (χ2v) is 3.59. The van der Waals surface area contributed by atoms with Crippen molar-refractivity contribution in [1.29, 1.82) is 0 Å². The number of nitrogens with two attached hydrogens (primary N) is 1. The lowest BCUT2D eigenvalue weighted by Crippen LogP contribution is -2.09. The van der Waals surface area contributed by atoms with Crippen LogP contribution in [0, 0.1) is 0 Å². The van der Waals surface area contributed by atoms with Crippen LogP contribution >= 0.6 is 11.6 Å². The molecule has 6 nitrogen and oxygen atoms in total. The molecule has 2 heterocycles. The minimum absolute atomic E-state index is 0.0269. The van der Waals surface area contributed by atoms with Gasteiger partial charge in [-0.05, 0) is 6.42 Å². The molecule has 0 aliphatic rings. The van der Waals surface area contributed by atoms with E-state index in [0.717, 1.165) is 0 Å². The molecule has 84 valence electrons. The number of aromatic nitrogens is 3. The molecule has 2 aromatic rings. The molecule has 0 saturated heterocycles. The summed E-state index contributed by atoms with van der Waals surface area (Å²) in [5, 5.41) is 13.4. The Kier molecular flexibility index (Phi) is 2.43. The Morgan fingerprint density at radius 1 is 1.69 bits per heavy atom. The van der Waals surface area contributed by atoms with Crippen LogP contribution in [0.15, 0.2) is 6.20 Å². The number of aryl methyl sites for hydroxylation is 1. The summed E-state index contributed by atoms with van der Waals surface area (Å²) in [7, 11) is 0. The number of nitrogens with zero attached hydrogens (tertiary/aromatic N) is 3. The van der Waals surface area contributed by atoms with Crippen molar-refractivity contribution in [2.75, 3.05) is 5.73 Å². The number of anilines is 1. The van der Waals surface area contributed by atoms with Gasteiger partial charge in [-0.3, -0.25) is 0 Å². The number of aromatic carboxylic acids is 1. The van der Waals surface area contributed by atoms with Gasteiger partial charge in [0.1, 0.15) is 16.4 Å². The first-order chi connectivity index (χ1) is 7.56. The fraction of sp³-hybridized carbons (Fsp3) is 0.222. The smallest absolute Gasteiger partial charge is 0.341 e. The average Bonchev–Trinajstić information content (AvgIpc) is 2.57. The van der Waals surface area contributed by atoms with Gasteiger partial charge in [0.2, 0.25) is 0 Å². The third kappa shape index (κ3) is 1.38. The molecule has 0 spiro atoms. The fourth-order valence-corrected chi connectivity index (χ4v) is 1.71. The van der Waals surface area contributed by atoms with E-state index in [1.165, 1.54) is 10.7 Å². The molecular formula is C9H9ClN4O2. The van der Waals surface area contributed by atoms with Gasteiger partial charge >= 0.3 is 5.97 Å². The lowest BCUT2D eigenvalue weighted by atomic mass is 10.3. The molecule has 2 rings (SSSR count). The zero-order valence-electron chi connectivity index (χ0n) is 8.44. The monoisotopic (exact) mass is 240 g/mol. The van der Waals surface area contributed by atoms with Crippen molar-refractivity contribution in [1.82, 2.24) is 14.6 Å².